The maximum Gasteiger partial charge on any atom is 0.262 e. The van der Waals surface area contributed by atoms with Gasteiger partial charge < -0.3 is 14.8 Å². The van der Waals surface area contributed by atoms with Gasteiger partial charge in [-0.15, -0.1) is 0 Å². The number of ether oxygens (including phenoxy) is 2. The number of rotatable bonds is 8. The monoisotopic (exact) mass is 362 g/mol. The molecule has 2 N–H and O–H groups in total. The summed E-state index contributed by atoms with van der Waals surface area (Å²) in [4.78, 5) is 0.138. The van der Waals surface area contributed by atoms with E-state index in [1.54, 1.807) is 18.2 Å². The predicted molar refractivity (Wildman–Crippen MR) is 97.8 cm³/mol. The highest BCUT2D eigenvalue weighted by atomic mass is 32.2. The Morgan fingerprint density at radius 3 is 2.44 bits per heavy atom. The molecule has 0 unspecified atom stereocenters. The molecule has 0 saturated heterocycles. The Morgan fingerprint density at radius 2 is 1.68 bits per heavy atom. The number of sulfonamides is 1. The molecule has 3 rings (SSSR count). The third-order valence-electron chi connectivity index (χ3n) is 3.90. The average Bonchev–Trinajstić information content (AvgIpc) is 3.07. The van der Waals surface area contributed by atoms with Crippen molar-refractivity contribution < 1.29 is 17.9 Å². The number of hydrogen-bond donors (Lipinski definition) is 2. The van der Waals surface area contributed by atoms with E-state index in [4.69, 9.17) is 9.47 Å². The first-order chi connectivity index (χ1) is 12.1. The predicted octanol–water partition coefficient (Wildman–Crippen LogP) is 3.82. The van der Waals surface area contributed by atoms with E-state index in [1.165, 1.54) is 25.0 Å². The quantitative estimate of drug-likeness (QED) is 0.698. The number of fused-ring (bicyclic) bond motifs is 1. The van der Waals surface area contributed by atoms with Gasteiger partial charge in [0.2, 0.25) is 6.79 Å². The second kappa shape index (κ2) is 7.65. The zero-order valence-electron chi connectivity index (χ0n) is 14.1. The summed E-state index contributed by atoms with van der Waals surface area (Å²) >= 11 is 0. The molecule has 0 radical (unpaired) electrons. The first-order valence-corrected chi connectivity index (χ1v) is 9.83. The Bertz CT molecular complexity index is 819. The maximum atomic E-state index is 12.5. The van der Waals surface area contributed by atoms with Gasteiger partial charge >= 0.3 is 0 Å². The summed E-state index contributed by atoms with van der Waals surface area (Å²) in [5.74, 6) is 0.993. The van der Waals surface area contributed by atoms with E-state index < -0.39 is 10.0 Å². The molecule has 0 atom stereocenters. The topological polar surface area (TPSA) is 76.7 Å². The summed E-state index contributed by atoms with van der Waals surface area (Å²) in [5, 5.41) is 3.32. The lowest BCUT2D eigenvalue weighted by molar-refractivity contribution is 0.174. The summed E-state index contributed by atoms with van der Waals surface area (Å²) in [7, 11) is -3.68. The Morgan fingerprint density at radius 1 is 0.960 bits per heavy atom. The molecule has 1 aliphatic heterocycles. The largest absolute Gasteiger partial charge is 0.454 e. The van der Waals surface area contributed by atoms with Crippen molar-refractivity contribution in [2.24, 2.45) is 0 Å². The number of anilines is 2. The molecule has 7 heteroatoms. The summed E-state index contributed by atoms with van der Waals surface area (Å²) in [6.45, 7) is 3.19. The van der Waals surface area contributed by atoms with E-state index in [0.717, 1.165) is 18.7 Å². The minimum Gasteiger partial charge on any atom is -0.454 e. The molecule has 0 bridgehead atoms. The van der Waals surface area contributed by atoms with Crippen molar-refractivity contribution in [2.75, 3.05) is 23.4 Å². The lowest BCUT2D eigenvalue weighted by atomic mass is 10.2. The third kappa shape index (κ3) is 4.36. The van der Waals surface area contributed by atoms with Gasteiger partial charge in [0, 0.05) is 24.0 Å². The van der Waals surface area contributed by atoms with Crippen LogP contribution in [0.3, 0.4) is 0 Å². The van der Waals surface area contributed by atoms with Gasteiger partial charge in [0.05, 0.1) is 4.90 Å². The highest BCUT2D eigenvalue weighted by Crippen LogP contribution is 2.34. The van der Waals surface area contributed by atoms with Crippen LogP contribution in [0.5, 0.6) is 11.5 Å². The molecular weight excluding hydrogens is 340 g/mol. The zero-order valence-corrected chi connectivity index (χ0v) is 14.9. The number of nitrogens with one attached hydrogen (secondary N) is 2. The minimum atomic E-state index is -3.68. The Hall–Kier alpha value is -2.41. The van der Waals surface area contributed by atoms with E-state index in [9.17, 15) is 8.42 Å². The van der Waals surface area contributed by atoms with Crippen LogP contribution in [0.1, 0.15) is 26.2 Å². The Balaban J connectivity index is 1.64. The molecule has 0 spiro atoms. The van der Waals surface area contributed by atoms with E-state index >= 15 is 0 Å². The number of unbranched alkanes of at least 4 members (excludes halogenated alkanes) is 2. The molecule has 2 aromatic rings. The Kier molecular flexibility index (Phi) is 5.33. The molecule has 0 aliphatic carbocycles. The summed E-state index contributed by atoms with van der Waals surface area (Å²) in [5.41, 5.74) is 1.49. The minimum absolute atomic E-state index is 0.110. The number of hydrogen-bond acceptors (Lipinski definition) is 5. The first-order valence-electron chi connectivity index (χ1n) is 8.35. The van der Waals surface area contributed by atoms with Crippen LogP contribution in [0, 0.1) is 0 Å². The van der Waals surface area contributed by atoms with Crippen molar-refractivity contribution in [2.45, 2.75) is 31.1 Å². The van der Waals surface area contributed by atoms with Crippen LogP contribution in [0.25, 0.3) is 0 Å². The van der Waals surface area contributed by atoms with Crippen molar-refractivity contribution in [1.82, 2.24) is 0 Å². The highest BCUT2D eigenvalue weighted by Gasteiger charge is 2.20. The molecule has 25 heavy (non-hydrogen) atoms. The van der Waals surface area contributed by atoms with Crippen LogP contribution in [0.4, 0.5) is 11.4 Å². The van der Waals surface area contributed by atoms with Gasteiger partial charge in [-0.3, -0.25) is 4.72 Å². The van der Waals surface area contributed by atoms with Gasteiger partial charge in [0.15, 0.2) is 11.5 Å². The van der Waals surface area contributed by atoms with Gasteiger partial charge in [-0.2, -0.15) is 0 Å². The fourth-order valence-corrected chi connectivity index (χ4v) is 3.60. The first kappa shape index (κ1) is 17.4. The smallest absolute Gasteiger partial charge is 0.262 e. The Labute approximate surface area is 148 Å². The van der Waals surface area contributed by atoms with Crippen LogP contribution >= 0.6 is 0 Å². The van der Waals surface area contributed by atoms with Crippen molar-refractivity contribution in [3.63, 3.8) is 0 Å². The fraction of sp³-hybridized carbons (Fsp3) is 0.333. The van der Waals surface area contributed by atoms with Gasteiger partial charge in [-0.25, -0.2) is 8.42 Å². The van der Waals surface area contributed by atoms with Gasteiger partial charge in [-0.1, -0.05) is 19.8 Å². The molecule has 0 fully saturated rings. The molecule has 0 amide bonds. The van der Waals surface area contributed by atoms with Crippen LogP contribution in [-0.2, 0) is 10.0 Å². The normalized spacial score (nSPS) is 12.8. The highest BCUT2D eigenvalue weighted by molar-refractivity contribution is 7.92. The second-order valence-electron chi connectivity index (χ2n) is 5.83. The molecule has 2 aromatic carbocycles. The van der Waals surface area contributed by atoms with Gasteiger partial charge in [0.25, 0.3) is 10.0 Å². The second-order valence-corrected chi connectivity index (χ2v) is 7.51. The van der Waals surface area contributed by atoms with Gasteiger partial charge in [0.1, 0.15) is 0 Å². The van der Waals surface area contributed by atoms with E-state index in [0.29, 0.717) is 17.2 Å². The SMILES string of the molecule is CCCCCNc1ccc(NS(=O)(=O)c2ccc3c(c2)OCO3)cc1. The van der Waals surface area contributed by atoms with E-state index in [2.05, 4.69) is 17.0 Å². The van der Waals surface area contributed by atoms with Gasteiger partial charge in [-0.05, 0) is 42.8 Å². The van der Waals surface area contributed by atoms with Crippen LogP contribution in [0.2, 0.25) is 0 Å². The molecule has 6 nitrogen and oxygen atoms in total. The lowest BCUT2D eigenvalue weighted by Gasteiger charge is -2.10. The van der Waals surface area contributed by atoms with Crippen molar-refractivity contribution in [3.05, 3.63) is 42.5 Å². The number of benzene rings is 2. The van der Waals surface area contributed by atoms with E-state index in [-0.39, 0.29) is 11.7 Å². The van der Waals surface area contributed by atoms with Crippen molar-refractivity contribution in [1.29, 1.82) is 0 Å². The zero-order chi connectivity index (χ0) is 17.7. The molecule has 0 saturated carbocycles. The summed E-state index contributed by atoms with van der Waals surface area (Å²) < 4.78 is 38.0. The van der Waals surface area contributed by atoms with Crippen molar-refractivity contribution in [3.8, 4) is 11.5 Å². The van der Waals surface area contributed by atoms with E-state index in [1.807, 2.05) is 12.1 Å². The molecule has 0 aromatic heterocycles. The average molecular weight is 362 g/mol. The lowest BCUT2D eigenvalue weighted by Crippen LogP contribution is -2.13. The van der Waals surface area contributed by atoms with Crippen LogP contribution in [-0.4, -0.2) is 21.8 Å². The molecule has 1 aliphatic rings. The maximum absolute atomic E-state index is 12.5. The fourth-order valence-electron chi connectivity index (χ4n) is 2.52. The summed E-state index contributed by atoms with van der Waals surface area (Å²) in [6.07, 6.45) is 3.50. The van der Waals surface area contributed by atoms with Crippen LogP contribution in [0.15, 0.2) is 47.4 Å². The standard InChI is InChI=1S/C18H22N2O4S/c1-2-3-4-11-19-14-5-7-15(8-6-14)20-25(21,22)16-9-10-17-18(12-16)24-13-23-17/h5-10,12,19-20H,2-4,11,13H2,1H3. The van der Waals surface area contributed by atoms with Crippen LogP contribution < -0.4 is 19.5 Å². The molecular formula is C18H22N2O4S. The van der Waals surface area contributed by atoms with Crippen molar-refractivity contribution >= 4 is 21.4 Å². The third-order valence-corrected chi connectivity index (χ3v) is 5.28. The summed E-state index contributed by atoms with van der Waals surface area (Å²) in [6, 6.07) is 11.8. The molecule has 134 valence electrons. The molecule has 1 heterocycles.